The average Bonchev–Trinajstić information content (AvgIpc) is 2.94. The third kappa shape index (κ3) is 4.68. The summed E-state index contributed by atoms with van der Waals surface area (Å²) in [5.74, 6) is 1.11. The second kappa shape index (κ2) is 7.76. The second-order valence-electron chi connectivity index (χ2n) is 6.20. The van der Waals surface area contributed by atoms with Gasteiger partial charge in [0.15, 0.2) is 0 Å². The minimum absolute atomic E-state index is 0.346. The van der Waals surface area contributed by atoms with Crippen LogP contribution in [0.25, 0.3) is 0 Å². The zero-order chi connectivity index (χ0) is 15.2. The Morgan fingerprint density at radius 3 is 2.86 bits per heavy atom. The van der Waals surface area contributed by atoms with Gasteiger partial charge in [0.1, 0.15) is 5.82 Å². The minimum Gasteiger partial charge on any atom is -0.380 e. The summed E-state index contributed by atoms with van der Waals surface area (Å²) in [7, 11) is 1.80. The van der Waals surface area contributed by atoms with E-state index in [-0.39, 0.29) is 0 Å². The van der Waals surface area contributed by atoms with Crippen molar-refractivity contribution in [2.24, 2.45) is 0 Å². The van der Waals surface area contributed by atoms with Gasteiger partial charge in [-0.1, -0.05) is 27.2 Å². The highest BCUT2D eigenvalue weighted by molar-refractivity contribution is 5.44. The molecule has 21 heavy (non-hydrogen) atoms. The number of aryl methyl sites for hydroxylation is 1. The molecule has 0 spiro atoms. The summed E-state index contributed by atoms with van der Waals surface area (Å²) >= 11 is 0. The van der Waals surface area contributed by atoms with Gasteiger partial charge in [-0.25, -0.2) is 4.98 Å². The lowest BCUT2D eigenvalue weighted by Gasteiger charge is -2.20. The van der Waals surface area contributed by atoms with Gasteiger partial charge in [0.25, 0.3) is 0 Å². The van der Waals surface area contributed by atoms with E-state index in [0.717, 1.165) is 44.7 Å². The average molecular weight is 291 g/mol. The van der Waals surface area contributed by atoms with Crippen LogP contribution in [0.1, 0.15) is 44.9 Å². The SMILES string of the molecule is CCCc1cc(CNC(C)C)cc(N2CCC(OC)C2)n1. The van der Waals surface area contributed by atoms with Crippen molar-refractivity contribution >= 4 is 5.82 Å². The summed E-state index contributed by atoms with van der Waals surface area (Å²) in [6.45, 7) is 9.47. The van der Waals surface area contributed by atoms with E-state index in [1.54, 1.807) is 7.11 Å². The van der Waals surface area contributed by atoms with Crippen LogP contribution in [0.5, 0.6) is 0 Å². The van der Waals surface area contributed by atoms with E-state index < -0.39 is 0 Å². The highest BCUT2D eigenvalue weighted by Gasteiger charge is 2.23. The fraction of sp³-hybridized carbons (Fsp3) is 0.706. The molecule has 1 aromatic rings. The van der Waals surface area contributed by atoms with Crippen LogP contribution in [0, 0.1) is 0 Å². The summed E-state index contributed by atoms with van der Waals surface area (Å²) < 4.78 is 5.47. The Hall–Kier alpha value is -1.13. The summed E-state index contributed by atoms with van der Waals surface area (Å²) in [6.07, 6.45) is 3.62. The summed E-state index contributed by atoms with van der Waals surface area (Å²) in [5.41, 5.74) is 2.54. The summed E-state index contributed by atoms with van der Waals surface area (Å²) in [6, 6.07) is 4.97. The molecule has 0 radical (unpaired) electrons. The van der Waals surface area contributed by atoms with Gasteiger partial charge in [-0.2, -0.15) is 0 Å². The van der Waals surface area contributed by atoms with Gasteiger partial charge >= 0.3 is 0 Å². The largest absolute Gasteiger partial charge is 0.380 e. The molecule has 4 heteroatoms. The van der Waals surface area contributed by atoms with E-state index in [9.17, 15) is 0 Å². The van der Waals surface area contributed by atoms with Crippen molar-refractivity contribution < 1.29 is 4.74 Å². The van der Waals surface area contributed by atoms with Crippen LogP contribution in [0.4, 0.5) is 5.82 Å². The number of aromatic nitrogens is 1. The number of anilines is 1. The summed E-state index contributed by atoms with van der Waals surface area (Å²) in [4.78, 5) is 7.20. The van der Waals surface area contributed by atoms with Crippen LogP contribution in [-0.4, -0.2) is 37.3 Å². The van der Waals surface area contributed by atoms with Crippen LogP contribution >= 0.6 is 0 Å². The molecule has 1 N–H and O–H groups in total. The Labute approximate surface area is 128 Å². The molecule has 0 aromatic carbocycles. The molecule has 118 valence electrons. The van der Waals surface area contributed by atoms with Crippen molar-refractivity contribution in [1.82, 2.24) is 10.3 Å². The Morgan fingerprint density at radius 2 is 2.24 bits per heavy atom. The fourth-order valence-corrected chi connectivity index (χ4v) is 2.73. The number of ether oxygens (including phenoxy) is 1. The Bertz CT molecular complexity index is 448. The van der Waals surface area contributed by atoms with E-state index in [2.05, 4.69) is 43.1 Å². The lowest BCUT2D eigenvalue weighted by atomic mass is 10.1. The fourth-order valence-electron chi connectivity index (χ4n) is 2.73. The van der Waals surface area contributed by atoms with Gasteiger partial charge in [-0.3, -0.25) is 0 Å². The molecule has 2 heterocycles. The standard InChI is InChI=1S/C17H29N3O/c1-5-6-15-9-14(11-18-13(2)3)10-17(19-15)20-8-7-16(12-20)21-4/h9-10,13,16,18H,5-8,11-12H2,1-4H3. The smallest absolute Gasteiger partial charge is 0.129 e. The number of nitrogens with one attached hydrogen (secondary N) is 1. The maximum Gasteiger partial charge on any atom is 0.129 e. The van der Waals surface area contributed by atoms with Crippen molar-refractivity contribution in [3.05, 3.63) is 23.4 Å². The van der Waals surface area contributed by atoms with Gasteiger partial charge in [0, 0.05) is 38.5 Å². The first-order valence-electron chi connectivity index (χ1n) is 8.13. The molecule has 1 atom stereocenters. The van der Waals surface area contributed by atoms with E-state index >= 15 is 0 Å². The first-order valence-corrected chi connectivity index (χ1v) is 8.13. The van der Waals surface area contributed by atoms with Crippen molar-refractivity contribution in [3.8, 4) is 0 Å². The molecule has 1 fully saturated rings. The quantitative estimate of drug-likeness (QED) is 0.838. The van der Waals surface area contributed by atoms with Gasteiger partial charge in [-0.05, 0) is 30.5 Å². The maximum absolute atomic E-state index is 5.47. The Morgan fingerprint density at radius 1 is 1.43 bits per heavy atom. The van der Waals surface area contributed by atoms with Crippen molar-refractivity contribution in [3.63, 3.8) is 0 Å². The molecule has 0 aliphatic carbocycles. The molecule has 1 aliphatic rings. The van der Waals surface area contributed by atoms with Gasteiger partial charge in [0.2, 0.25) is 0 Å². The van der Waals surface area contributed by atoms with Crippen molar-refractivity contribution in [2.75, 3.05) is 25.1 Å². The number of pyridine rings is 1. The van der Waals surface area contributed by atoms with Crippen LogP contribution in [0.3, 0.4) is 0 Å². The van der Waals surface area contributed by atoms with Crippen LogP contribution in [0.15, 0.2) is 12.1 Å². The predicted octanol–water partition coefficient (Wildman–Crippen LogP) is 2.76. The lowest BCUT2D eigenvalue weighted by molar-refractivity contribution is 0.121. The zero-order valence-corrected chi connectivity index (χ0v) is 13.9. The van der Waals surface area contributed by atoms with Crippen LogP contribution in [-0.2, 0) is 17.7 Å². The molecule has 0 amide bonds. The number of rotatable bonds is 7. The molecule has 1 unspecified atom stereocenters. The molecule has 1 saturated heterocycles. The predicted molar refractivity (Wildman–Crippen MR) is 87.8 cm³/mol. The molecule has 0 bridgehead atoms. The first-order chi connectivity index (χ1) is 10.1. The molecule has 1 aromatic heterocycles. The second-order valence-corrected chi connectivity index (χ2v) is 6.20. The number of hydrogen-bond donors (Lipinski definition) is 1. The van der Waals surface area contributed by atoms with Gasteiger partial charge in [0.05, 0.1) is 6.10 Å². The van der Waals surface area contributed by atoms with E-state index in [0.29, 0.717) is 12.1 Å². The minimum atomic E-state index is 0.346. The molecular formula is C17H29N3O. The number of methoxy groups -OCH3 is 1. The normalized spacial score (nSPS) is 18.7. The summed E-state index contributed by atoms with van der Waals surface area (Å²) in [5, 5.41) is 3.50. The van der Waals surface area contributed by atoms with E-state index in [1.165, 1.54) is 11.3 Å². The number of nitrogens with zero attached hydrogens (tertiary/aromatic N) is 2. The Kier molecular flexibility index (Phi) is 6.00. The topological polar surface area (TPSA) is 37.4 Å². The van der Waals surface area contributed by atoms with Crippen molar-refractivity contribution in [1.29, 1.82) is 0 Å². The highest BCUT2D eigenvalue weighted by Crippen LogP contribution is 2.22. The van der Waals surface area contributed by atoms with E-state index in [4.69, 9.17) is 9.72 Å². The maximum atomic E-state index is 5.47. The first kappa shape index (κ1) is 16.2. The van der Waals surface area contributed by atoms with Gasteiger partial charge < -0.3 is 15.0 Å². The third-order valence-electron chi connectivity index (χ3n) is 3.95. The monoisotopic (exact) mass is 291 g/mol. The molecular weight excluding hydrogens is 262 g/mol. The van der Waals surface area contributed by atoms with Crippen LogP contribution in [0.2, 0.25) is 0 Å². The molecule has 1 aliphatic heterocycles. The van der Waals surface area contributed by atoms with Crippen LogP contribution < -0.4 is 10.2 Å². The zero-order valence-electron chi connectivity index (χ0n) is 13.9. The third-order valence-corrected chi connectivity index (χ3v) is 3.95. The lowest BCUT2D eigenvalue weighted by Crippen LogP contribution is -2.25. The highest BCUT2D eigenvalue weighted by atomic mass is 16.5. The molecule has 0 saturated carbocycles. The number of hydrogen-bond acceptors (Lipinski definition) is 4. The molecule has 4 nitrogen and oxygen atoms in total. The van der Waals surface area contributed by atoms with Gasteiger partial charge in [-0.15, -0.1) is 0 Å². The van der Waals surface area contributed by atoms with Crippen molar-refractivity contribution in [2.45, 2.75) is 58.7 Å². The van der Waals surface area contributed by atoms with E-state index in [1.807, 2.05) is 0 Å². The molecule has 2 rings (SSSR count). The Balaban J connectivity index is 2.15.